The van der Waals surface area contributed by atoms with Gasteiger partial charge in [-0.2, -0.15) is 5.10 Å². The fourth-order valence-corrected chi connectivity index (χ4v) is 2.63. The summed E-state index contributed by atoms with van der Waals surface area (Å²) in [5, 5.41) is 6.31. The first-order chi connectivity index (χ1) is 12.0. The summed E-state index contributed by atoms with van der Waals surface area (Å²) in [4.78, 5) is 12.6. The summed E-state index contributed by atoms with van der Waals surface area (Å²) in [6, 6.07) is 18.1. The Morgan fingerprint density at radius 1 is 1.08 bits per heavy atom. The third kappa shape index (κ3) is 4.14. The van der Waals surface area contributed by atoms with Crippen molar-refractivity contribution in [3.63, 3.8) is 0 Å². The molecule has 0 fully saturated rings. The van der Waals surface area contributed by atoms with Crippen LogP contribution in [0.5, 0.6) is 0 Å². The molecule has 0 saturated heterocycles. The molecule has 1 aromatic heterocycles. The average molecular weight is 334 g/mol. The van der Waals surface area contributed by atoms with Gasteiger partial charge in [-0.3, -0.25) is 14.9 Å². The largest absolute Gasteiger partial charge is 0.285 e. The molecule has 128 valence electrons. The number of rotatable bonds is 5. The SMILES string of the molecule is Cc1ccc(-c2nn(Cc3ccccc3)cc2C(=O)NN(C)C)cc1. The van der Waals surface area contributed by atoms with E-state index in [4.69, 9.17) is 0 Å². The summed E-state index contributed by atoms with van der Waals surface area (Å²) in [6.45, 7) is 2.66. The van der Waals surface area contributed by atoms with Crippen LogP contribution in [0.3, 0.4) is 0 Å². The van der Waals surface area contributed by atoms with Gasteiger partial charge in [-0.05, 0) is 12.5 Å². The van der Waals surface area contributed by atoms with Gasteiger partial charge in [0.25, 0.3) is 5.91 Å². The predicted molar refractivity (Wildman–Crippen MR) is 99.1 cm³/mol. The van der Waals surface area contributed by atoms with Crippen molar-refractivity contribution in [2.45, 2.75) is 13.5 Å². The van der Waals surface area contributed by atoms with Crippen molar-refractivity contribution < 1.29 is 4.79 Å². The molecular formula is C20H22N4O. The standard InChI is InChI=1S/C20H22N4O/c1-15-9-11-17(12-10-15)19-18(20(25)22-23(2)3)14-24(21-19)13-16-7-5-4-6-8-16/h4-12,14H,13H2,1-3H3,(H,22,25). The zero-order valence-corrected chi connectivity index (χ0v) is 14.7. The van der Waals surface area contributed by atoms with Crippen LogP contribution in [0.15, 0.2) is 60.8 Å². The van der Waals surface area contributed by atoms with Gasteiger partial charge < -0.3 is 0 Å². The van der Waals surface area contributed by atoms with Crippen LogP contribution in [0.1, 0.15) is 21.5 Å². The van der Waals surface area contributed by atoms with Crippen LogP contribution in [-0.4, -0.2) is 34.8 Å². The third-order valence-corrected chi connectivity index (χ3v) is 3.84. The van der Waals surface area contributed by atoms with Gasteiger partial charge in [-0.1, -0.05) is 60.2 Å². The maximum atomic E-state index is 12.6. The number of carbonyl (C=O) groups excluding carboxylic acids is 1. The van der Waals surface area contributed by atoms with E-state index < -0.39 is 0 Å². The average Bonchev–Trinajstić information content (AvgIpc) is 3.00. The first-order valence-electron chi connectivity index (χ1n) is 8.19. The van der Waals surface area contributed by atoms with Crippen LogP contribution in [0, 0.1) is 6.92 Å². The lowest BCUT2D eigenvalue weighted by Gasteiger charge is -2.11. The number of benzene rings is 2. The van der Waals surface area contributed by atoms with Crippen LogP contribution in [0.2, 0.25) is 0 Å². The van der Waals surface area contributed by atoms with Crippen LogP contribution < -0.4 is 5.43 Å². The summed E-state index contributed by atoms with van der Waals surface area (Å²) >= 11 is 0. The molecule has 2 aromatic carbocycles. The molecule has 1 heterocycles. The highest BCUT2D eigenvalue weighted by molar-refractivity contribution is 5.99. The second-order valence-electron chi connectivity index (χ2n) is 6.28. The number of hydrogen-bond donors (Lipinski definition) is 1. The van der Waals surface area contributed by atoms with Gasteiger partial charge in [0, 0.05) is 25.9 Å². The number of hydrazine groups is 1. The molecule has 0 unspecified atom stereocenters. The highest BCUT2D eigenvalue weighted by Gasteiger charge is 2.18. The quantitative estimate of drug-likeness (QED) is 0.730. The number of carbonyl (C=O) groups is 1. The summed E-state index contributed by atoms with van der Waals surface area (Å²) in [5.74, 6) is -0.167. The number of nitrogens with zero attached hydrogens (tertiary/aromatic N) is 3. The van der Waals surface area contributed by atoms with Gasteiger partial charge in [0.15, 0.2) is 0 Å². The topological polar surface area (TPSA) is 50.2 Å². The molecule has 0 aliphatic carbocycles. The smallest absolute Gasteiger partial charge is 0.269 e. The maximum Gasteiger partial charge on any atom is 0.269 e. The molecule has 5 nitrogen and oxygen atoms in total. The van der Waals surface area contributed by atoms with Crippen LogP contribution in [-0.2, 0) is 6.54 Å². The van der Waals surface area contributed by atoms with E-state index in [1.807, 2.05) is 66.2 Å². The zero-order chi connectivity index (χ0) is 17.8. The maximum absolute atomic E-state index is 12.6. The molecule has 0 spiro atoms. The number of hydrogen-bond acceptors (Lipinski definition) is 3. The summed E-state index contributed by atoms with van der Waals surface area (Å²) < 4.78 is 1.81. The normalized spacial score (nSPS) is 10.9. The van der Waals surface area contributed by atoms with E-state index >= 15 is 0 Å². The lowest BCUT2D eigenvalue weighted by atomic mass is 10.1. The molecule has 3 rings (SSSR count). The number of aryl methyl sites for hydroxylation is 1. The van der Waals surface area contributed by atoms with Crippen molar-refractivity contribution in [1.29, 1.82) is 0 Å². The molecule has 5 heteroatoms. The Bertz CT molecular complexity index is 851. The lowest BCUT2D eigenvalue weighted by Crippen LogP contribution is -2.36. The highest BCUT2D eigenvalue weighted by Crippen LogP contribution is 2.23. The van der Waals surface area contributed by atoms with Crippen LogP contribution in [0.25, 0.3) is 11.3 Å². The number of nitrogens with one attached hydrogen (secondary N) is 1. The third-order valence-electron chi connectivity index (χ3n) is 3.84. The Hall–Kier alpha value is -2.92. The molecule has 0 saturated carbocycles. The summed E-state index contributed by atoms with van der Waals surface area (Å²) in [7, 11) is 3.58. The molecule has 0 radical (unpaired) electrons. The minimum absolute atomic E-state index is 0.167. The van der Waals surface area contributed by atoms with Crippen molar-refractivity contribution in [1.82, 2.24) is 20.2 Å². The van der Waals surface area contributed by atoms with Gasteiger partial charge in [-0.25, -0.2) is 5.01 Å². The van der Waals surface area contributed by atoms with E-state index in [1.54, 1.807) is 25.3 Å². The van der Waals surface area contributed by atoms with E-state index in [1.165, 1.54) is 5.56 Å². The Morgan fingerprint density at radius 2 is 1.76 bits per heavy atom. The van der Waals surface area contributed by atoms with E-state index in [0.717, 1.165) is 11.1 Å². The van der Waals surface area contributed by atoms with E-state index in [2.05, 4.69) is 10.5 Å². The van der Waals surface area contributed by atoms with Gasteiger partial charge in [0.1, 0.15) is 5.69 Å². The van der Waals surface area contributed by atoms with Crippen LogP contribution >= 0.6 is 0 Å². The van der Waals surface area contributed by atoms with Crippen molar-refractivity contribution in [3.05, 3.63) is 77.5 Å². The molecule has 0 atom stereocenters. The first kappa shape index (κ1) is 16.9. The molecule has 3 aromatic rings. The molecule has 0 bridgehead atoms. The summed E-state index contributed by atoms with van der Waals surface area (Å²) in [5.41, 5.74) is 7.30. The van der Waals surface area contributed by atoms with Crippen molar-refractivity contribution in [2.24, 2.45) is 0 Å². The van der Waals surface area contributed by atoms with Gasteiger partial charge in [0.2, 0.25) is 0 Å². The molecule has 0 aliphatic heterocycles. The second-order valence-corrected chi connectivity index (χ2v) is 6.28. The predicted octanol–water partition coefficient (Wildman–Crippen LogP) is 3.11. The number of amides is 1. The molecule has 25 heavy (non-hydrogen) atoms. The van der Waals surface area contributed by atoms with E-state index in [9.17, 15) is 4.79 Å². The Morgan fingerprint density at radius 3 is 2.40 bits per heavy atom. The Kier molecular flexibility index (Phi) is 4.95. The molecule has 1 N–H and O–H groups in total. The van der Waals surface area contributed by atoms with Gasteiger partial charge in [0.05, 0.1) is 12.1 Å². The molecular weight excluding hydrogens is 312 g/mol. The van der Waals surface area contributed by atoms with Crippen molar-refractivity contribution in [2.75, 3.05) is 14.1 Å². The Balaban J connectivity index is 1.98. The molecule has 1 amide bonds. The fraction of sp³-hybridized carbons (Fsp3) is 0.200. The lowest BCUT2D eigenvalue weighted by molar-refractivity contribution is 0.0857. The van der Waals surface area contributed by atoms with Gasteiger partial charge in [-0.15, -0.1) is 0 Å². The highest BCUT2D eigenvalue weighted by atomic mass is 16.2. The van der Waals surface area contributed by atoms with Gasteiger partial charge >= 0.3 is 0 Å². The van der Waals surface area contributed by atoms with Crippen LogP contribution in [0.4, 0.5) is 0 Å². The zero-order valence-electron chi connectivity index (χ0n) is 14.7. The second kappa shape index (κ2) is 7.32. The minimum Gasteiger partial charge on any atom is -0.285 e. The van der Waals surface area contributed by atoms with E-state index in [0.29, 0.717) is 17.8 Å². The van der Waals surface area contributed by atoms with E-state index in [-0.39, 0.29) is 5.91 Å². The first-order valence-corrected chi connectivity index (χ1v) is 8.19. The minimum atomic E-state index is -0.167. The van der Waals surface area contributed by atoms with Crippen molar-refractivity contribution >= 4 is 5.91 Å². The monoisotopic (exact) mass is 334 g/mol. The molecule has 0 aliphatic rings. The fourth-order valence-electron chi connectivity index (χ4n) is 2.63. The van der Waals surface area contributed by atoms with Crippen molar-refractivity contribution in [3.8, 4) is 11.3 Å². The Labute approximate surface area is 147 Å². The number of aromatic nitrogens is 2. The summed E-state index contributed by atoms with van der Waals surface area (Å²) in [6.07, 6.45) is 1.81.